The van der Waals surface area contributed by atoms with E-state index in [1.807, 2.05) is 4.98 Å². The van der Waals surface area contributed by atoms with Gasteiger partial charge in [0.15, 0.2) is 0 Å². The lowest BCUT2D eigenvalue weighted by Crippen LogP contribution is -2.07. The van der Waals surface area contributed by atoms with E-state index in [1.165, 1.54) is 24.3 Å². The number of halogens is 4. The number of hydrogen-bond acceptors (Lipinski definition) is 1. The van der Waals surface area contributed by atoms with Crippen molar-refractivity contribution in [2.24, 2.45) is 0 Å². The summed E-state index contributed by atoms with van der Waals surface area (Å²) in [5, 5.41) is 0. The van der Waals surface area contributed by atoms with Crippen molar-refractivity contribution in [3.05, 3.63) is 42.1 Å². The second-order valence-electron chi connectivity index (χ2n) is 3.12. The largest absolute Gasteiger partial charge is 0.449 e. The predicted octanol–water partition coefficient (Wildman–Crippen LogP) is 3.23. The summed E-state index contributed by atoms with van der Waals surface area (Å²) in [4.78, 5) is 5.19. The molecule has 0 saturated heterocycles. The maximum Gasteiger partial charge on any atom is 0.449 e. The normalized spacial score (nSPS) is 11.8. The first-order valence-electron chi connectivity index (χ1n) is 4.35. The molecular weight excluding hydrogens is 224 g/mol. The van der Waals surface area contributed by atoms with Crippen molar-refractivity contribution in [1.82, 2.24) is 9.97 Å². The van der Waals surface area contributed by atoms with E-state index in [0.29, 0.717) is 0 Å². The molecule has 0 aliphatic rings. The minimum atomic E-state index is -4.55. The zero-order chi connectivity index (χ0) is 11.8. The Kier molecular flexibility index (Phi) is 2.41. The highest BCUT2D eigenvalue weighted by Crippen LogP contribution is 2.29. The summed E-state index contributed by atoms with van der Waals surface area (Å²) < 4.78 is 49.9. The molecule has 0 spiro atoms. The van der Waals surface area contributed by atoms with E-state index in [4.69, 9.17) is 0 Å². The number of aromatic nitrogens is 2. The monoisotopic (exact) mass is 230 g/mol. The third-order valence-corrected chi connectivity index (χ3v) is 2.01. The van der Waals surface area contributed by atoms with Gasteiger partial charge < -0.3 is 4.98 Å². The van der Waals surface area contributed by atoms with Crippen LogP contribution in [0.4, 0.5) is 17.6 Å². The predicted molar refractivity (Wildman–Crippen MR) is 49.0 cm³/mol. The van der Waals surface area contributed by atoms with E-state index in [-0.39, 0.29) is 11.3 Å². The molecule has 0 fully saturated rings. The number of imidazole rings is 1. The van der Waals surface area contributed by atoms with E-state index in [0.717, 1.165) is 6.20 Å². The van der Waals surface area contributed by atoms with Crippen LogP contribution in [0.15, 0.2) is 30.5 Å². The van der Waals surface area contributed by atoms with E-state index in [9.17, 15) is 17.6 Å². The number of nitrogens with one attached hydrogen (secondary N) is 1. The molecule has 1 heterocycles. The summed E-state index contributed by atoms with van der Waals surface area (Å²) >= 11 is 0. The minimum Gasteiger partial charge on any atom is -0.334 e. The summed E-state index contributed by atoms with van der Waals surface area (Å²) in [6.07, 6.45) is -3.59. The van der Waals surface area contributed by atoms with Gasteiger partial charge in [0.2, 0.25) is 5.82 Å². The SMILES string of the molecule is Fc1ccccc1-c1cnc(C(F)(F)F)[nH]1. The molecule has 0 aliphatic carbocycles. The zero-order valence-corrected chi connectivity index (χ0v) is 7.85. The maximum atomic E-state index is 13.3. The summed E-state index contributed by atoms with van der Waals surface area (Å²) in [5.41, 5.74) is 0.0657. The molecule has 0 aliphatic heterocycles. The van der Waals surface area contributed by atoms with Gasteiger partial charge in [0.1, 0.15) is 5.82 Å². The van der Waals surface area contributed by atoms with Crippen LogP contribution in [-0.4, -0.2) is 9.97 Å². The molecule has 0 amide bonds. The standard InChI is InChI=1S/C10H6F4N2/c11-7-4-2-1-3-6(7)8-5-15-9(16-8)10(12,13)14/h1-5H,(H,15,16). The van der Waals surface area contributed by atoms with Crippen LogP contribution in [0.3, 0.4) is 0 Å². The number of aromatic amines is 1. The summed E-state index contributed by atoms with van der Waals surface area (Å²) in [7, 11) is 0. The lowest BCUT2D eigenvalue weighted by atomic mass is 10.1. The highest BCUT2D eigenvalue weighted by atomic mass is 19.4. The number of rotatable bonds is 1. The second kappa shape index (κ2) is 3.62. The lowest BCUT2D eigenvalue weighted by molar-refractivity contribution is -0.144. The van der Waals surface area contributed by atoms with Gasteiger partial charge in [0.05, 0.1) is 11.9 Å². The quantitative estimate of drug-likeness (QED) is 0.748. The first-order valence-corrected chi connectivity index (χ1v) is 4.35. The molecule has 2 aromatic rings. The van der Waals surface area contributed by atoms with Gasteiger partial charge in [-0.25, -0.2) is 9.37 Å². The highest BCUT2D eigenvalue weighted by molar-refractivity contribution is 5.59. The smallest absolute Gasteiger partial charge is 0.334 e. The molecule has 1 aromatic heterocycles. The Hall–Kier alpha value is -1.85. The molecule has 1 aromatic carbocycles. The molecule has 84 valence electrons. The highest BCUT2D eigenvalue weighted by Gasteiger charge is 2.34. The van der Waals surface area contributed by atoms with Crippen molar-refractivity contribution < 1.29 is 17.6 Å². The van der Waals surface area contributed by atoms with Crippen LogP contribution >= 0.6 is 0 Å². The molecule has 0 saturated carbocycles. The number of nitrogens with zero attached hydrogens (tertiary/aromatic N) is 1. The van der Waals surface area contributed by atoms with Crippen molar-refractivity contribution >= 4 is 0 Å². The van der Waals surface area contributed by atoms with Gasteiger partial charge in [-0.15, -0.1) is 0 Å². The fraction of sp³-hybridized carbons (Fsp3) is 0.100. The Balaban J connectivity index is 2.44. The molecule has 2 rings (SSSR count). The van der Waals surface area contributed by atoms with Gasteiger partial charge in [0, 0.05) is 5.56 Å². The molecule has 0 atom stereocenters. The maximum absolute atomic E-state index is 13.3. The Morgan fingerprint density at radius 1 is 1.12 bits per heavy atom. The first-order chi connectivity index (χ1) is 7.48. The third-order valence-electron chi connectivity index (χ3n) is 2.01. The number of hydrogen-bond donors (Lipinski definition) is 1. The summed E-state index contributed by atoms with van der Waals surface area (Å²) in [5.74, 6) is -1.73. The molecular formula is C10H6F4N2. The van der Waals surface area contributed by atoms with Crippen LogP contribution in [0.2, 0.25) is 0 Å². The van der Waals surface area contributed by atoms with Gasteiger partial charge in [-0.05, 0) is 12.1 Å². The minimum absolute atomic E-state index is 0.00502. The van der Waals surface area contributed by atoms with Gasteiger partial charge in [0.25, 0.3) is 0 Å². The molecule has 1 N–H and O–H groups in total. The van der Waals surface area contributed by atoms with Crippen LogP contribution in [0, 0.1) is 5.82 Å². The van der Waals surface area contributed by atoms with E-state index in [1.54, 1.807) is 0 Å². The first kappa shape index (κ1) is 10.7. The Morgan fingerprint density at radius 3 is 2.38 bits per heavy atom. The summed E-state index contributed by atoms with van der Waals surface area (Å²) in [6.45, 7) is 0. The molecule has 2 nitrogen and oxygen atoms in total. The van der Waals surface area contributed by atoms with Gasteiger partial charge in [-0.2, -0.15) is 13.2 Å². The molecule has 16 heavy (non-hydrogen) atoms. The van der Waals surface area contributed by atoms with Gasteiger partial charge in [-0.1, -0.05) is 12.1 Å². The van der Waals surface area contributed by atoms with E-state index >= 15 is 0 Å². The van der Waals surface area contributed by atoms with E-state index in [2.05, 4.69) is 4.98 Å². The van der Waals surface area contributed by atoms with Crippen LogP contribution in [0.1, 0.15) is 5.82 Å². The average molecular weight is 230 g/mol. The molecule has 0 unspecified atom stereocenters. The van der Waals surface area contributed by atoms with Gasteiger partial charge in [-0.3, -0.25) is 0 Å². The molecule has 6 heteroatoms. The van der Waals surface area contributed by atoms with Crippen LogP contribution < -0.4 is 0 Å². The van der Waals surface area contributed by atoms with E-state index < -0.39 is 17.8 Å². The Morgan fingerprint density at radius 2 is 1.81 bits per heavy atom. The van der Waals surface area contributed by atoms with Crippen molar-refractivity contribution in [2.75, 3.05) is 0 Å². The second-order valence-corrected chi connectivity index (χ2v) is 3.12. The van der Waals surface area contributed by atoms with Crippen LogP contribution in [0.25, 0.3) is 11.3 Å². The van der Waals surface area contributed by atoms with Gasteiger partial charge >= 0.3 is 6.18 Å². The third kappa shape index (κ3) is 1.91. The van der Waals surface area contributed by atoms with Crippen molar-refractivity contribution in [1.29, 1.82) is 0 Å². The molecule has 0 radical (unpaired) electrons. The van der Waals surface area contributed by atoms with Crippen molar-refractivity contribution in [3.63, 3.8) is 0 Å². The lowest BCUT2D eigenvalue weighted by Gasteiger charge is -2.01. The van der Waals surface area contributed by atoms with Crippen molar-refractivity contribution in [3.8, 4) is 11.3 Å². The van der Waals surface area contributed by atoms with Crippen LogP contribution in [0.5, 0.6) is 0 Å². The van der Waals surface area contributed by atoms with Crippen LogP contribution in [-0.2, 0) is 6.18 Å². The summed E-state index contributed by atoms with van der Waals surface area (Å²) in [6, 6.07) is 5.54. The topological polar surface area (TPSA) is 28.7 Å². The molecule has 0 bridgehead atoms. The number of H-pyrrole nitrogens is 1. The number of benzene rings is 1. The zero-order valence-electron chi connectivity index (χ0n) is 7.85. The fourth-order valence-electron chi connectivity index (χ4n) is 1.28. The average Bonchev–Trinajstić information content (AvgIpc) is 2.66. The number of alkyl halides is 3. The fourth-order valence-corrected chi connectivity index (χ4v) is 1.28. The Labute approximate surface area is 87.9 Å². The van der Waals surface area contributed by atoms with Crippen molar-refractivity contribution in [2.45, 2.75) is 6.18 Å². The Bertz CT molecular complexity index is 502.